The molecule has 1 N–H and O–H groups in total. The molecule has 0 aromatic heterocycles. The monoisotopic (exact) mass is 276 g/mol. The summed E-state index contributed by atoms with van der Waals surface area (Å²) in [5, 5.41) is 14.6. The first kappa shape index (κ1) is 15.0. The molecule has 1 aromatic rings. The molecule has 110 valence electrons. The van der Waals surface area contributed by atoms with Gasteiger partial charge in [0, 0.05) is 17.7 Å². The predicted octanol–water partition coefficient (Wildman–Crippen LogP) is 3.70. The van der Waals surface area contributed by atoms with Crippen molar-refractivity contribution in [1.29, 1.82) is 0 Å². The van der Waals surface area contributed by atoms with E-state index in [1.807, 2.05) is 12.1 Å². The van der Waals surface area contributed by atoms with E-state index >= 15 is 0 Å². The number of aryl methyl sites for hydroxylation is 1. The number of para-hydroxylation sites is 1. The van der Waals surface area contributed by atoms with Gasteiger partial charge in [0.1, 0.15) is 0 Å². The molecule has 4 heteroatoms. The zero-order valence-corrected chi connectivity index (χ0v) is 12.2. The van der Waals surface area contributed by atoms with Crippen LogP contribution >= 0.6 is 0 Å². The van der Waals surface area contributed by atoms with Gasteiger partial charge in [-0.3, -0.25) is 10.1 Å². The van der Waals surface area contributed by atoms with Crippen LogP contribution in [0.3, 0.4) is 0 Å². The third-order valence-corrected chi connectivity index (χ3v) is 4.29. The second kappa shape index (κ2) is 7.39. The number of rotatable bonds is 7. The molecule has 0 heterocycles. The standard InChI is InChI=1S/C16H24N2O2/c1-2-12-17-15-8-5-7-13(15)10-11-14-6-3-4-9-16(14)18(19)20/h3-4,6,9,13,15,17H,2,5,7-8,10-12H2,1H3. The van der Waals surface area contributed by atoms with E-state index in [9.17, 15) is 10.1 Å². The van der Waals surface area contributed by atoms with E-state index in [1.54, 1.807) is 12.1 Å². The summed E-state index contributed by atoms with van der Waals surface area (Å²) in [6.07, 6.45) is 6.80. The van der Waals surface area contributed by atoms with E-state index in [4.69, 9.17) is 0 Å². The van der Waals surface area contributed by atoms with Crippen molar-refractivity contribution in [3.63, 3.8) is 0 Å². The molecule has 4 nitrogen and oxygen atoms in total. The lowest BCUT2D eigenvalue weighted by Gasteiger charge is -2.20. The van der Waals surface area contributed by atoms with Gasteiger partial charge in [0.15, 0.2) is 0 Å². The van der Waals surface area contributed by atoms with Gasteiger partial charge in [0.05, 0.1) is 4.92 Å². The SMILES string of the molecule is CCCNC1CCCC1CCc1ccccc1[N+](=O)[O-]. The summed E-state index contributed by atoms with van der Waals surface area (Å²) in [7, 11) is 0. The fraction of sp³-hybridized carbons (Fsp3) is 0.625. The van der Waals surface area contributed by atoms with Crippen molar-refractivity contribution in [3.05, 3.63) is 39.9 Å². The van der Waals surface area contributed by atoms with Crippen molar-refractivity contribution in [3.8, 4) is 0 Å². The molecule has 1 aliphatic rings. The van der Waals surface area contributed by atoms with Crippen LogP contribution in [0, 0.1) is 16.0 Å². The van der Waals surface area contributed by atoms with Crippen LogP contribution in [0.1, 0.15) is 44.6 Å². The highest BCUT2D eigenvalue weighted by Crippen LogP contribution is 2.31. The van der Waals surface area contributed by atoms with Crippen molar-refractivity contribution in [2.24, 2.45) is 5.92 Å². The summed E-state index contributed by atoms with van der Waals surface area (Å²) in [4.78, 5) is 10.7. The van der Waals surface area contributed by atoms with Gasteiger partial charge in [0.25, 0.3) is 5.69 Å². The second-order valence-corrected chi connectivity index (χ2v) is 5.68. The van der Waals surface area contributed by atoms with Gasteiger partial charge in [-0.15, -0.1) is 0 Å². The molecule has 2 unspecified atom stereocenters. The first-order chi connectivity index (χ1) is 9.72. The molecular weight excluding hydrogens is 252 g/mol. The summed E-state index contributed by atoms with van der Waals surface area (Å²) in [6.45, 7) is 3.26. The fourth-order valence-corrected chi connectivity index (χ4v) is 3.22. The van der Waals surface area contributed by atoms with E-state index in [0.29, 0.717) is 12.0 Å². The van der Waals surface area contributed by atoms with Crippen LogP contribution < -0.4 is 5.32 Å². The zero-order chi connectivity index (χ0) is 14.4. The number of nitro benzene ring substituents is 1. The van der Waals surface area contributed by atoms with Crippen molar-refractivity contribution >= 4 is 5.69 Å². The molecule has 0 aliphatic heterocycles. The van der Waals surface area contributed by atoms with E-state index in [0.717, 1.165) is 31.4 Å². The molecule has 1 fully saturated rings. The Bertz CT molecular complexity index is 448. The number of nitrogens with one attached hydrogen (secondary N) is 1. The van der Waals surface area contributed by atoms with Crippen LogP contribution in [-0.4, -0.2) is 17.5 Å². The Labute approximate surface area is 120 Å². The van der Waals surface area contributed by atoms with Crippen LogP contribution in [0.15, 0.2) is 24.3 Å². The molecule has 0 bridgehead atoms. The Morgan fingerprint density at radius 3 is 2.90 bits per heavy atom. The van der Waals surface area contributed by atoms with Crippen molar-refractivity contribution in [2.75, 3.05) is 6.54 Å². The zero-order valence-electron chi connectivity index (χ0n) is 12.2. The topological polar surface area (TPSA) is 55.2 Å². The summed E-state index contributed by atoms with van der Waals surface area (Å²) in [5.74, 6) is 0.668. The van der Waals surface area contributed by atoms with Gasteiger partial charge in [-0.2, -0.15) is 0 Å². The molecule has 1 aliphatic carbocycles. The smallest absolute Gasteiger partial charge is 0.272 e. The maximum Gasteiger partial charge on any atom is 0.272 e. The van der Waals surface area contributed by atoms with Crippen molar-refractivity contribution < 1.29 is 4.92 Å². The number of hydrogen-bond donors (Lipinski definition) is 1. The quantitative estimate of drug-likeness (QED) is 0.610. The summed E-state index contributed by atoms with van der Waals surface area (Å²) in [6, 6.07) is 7.74. The van der Waals surface area contributed by atoms with E-state index < -0.39 is 0 Å². The lowest BCUT2D eigenvalue weighted by Crippen LogP contribution is -2.33. The van der Waals surface area contributed by atoms with Gasteiger partial charge in [-0.05, 0) is 44.6 Å². The Kier molecular flexibility index (Phi) is 5.53. The molecule has 0 amide bonds. The Morgan fingerprint density at radius 2 is 2.15 bits per heavy atom. The van der Waals surface area contributed by atoms with Crippen molar-refractivity contribution in [1.82, 2.24) is 5.32 Å². The predicted molar refractivity (Wildman–Crippen MR) is 80.8 cm³/mol. The molecule has 20 heavy (non-hydrogen) atoms. The lowest BCUT2D eigenvalue weighted by molar-refractivity contribution is -0.385. The fourth-order valence-electron chi connectivity index (χ4n) is 3.22. The highest BCUT2D eigenvalue weighted by Gasteiger charge is 2.26. The van der Waals surface area contributed by atoms with Crippen LogP contribution in [-0.2, 0) is 6.42 Å². The number of nitrogens with zero attached hydrogens (tertiary/aromatic N) is 1. The van der Waals surface area contributed by atoms with Gasteiger partial charge in [0.2, 0.25) is 0 Å². The maximum atomic E-state index is 11.0. The van der Waals surface area contributed by atoms with Gasteiger partial charge in [-0.1, -0.05) is 31.5 Å². The third-order valence-electron chi connectivity index (χ3n) is 4.29. The number of benzene rings is 1. The summed E-state index contributed by atoms with van der Waals surface area (Å²) >= 11 is 0. The van der Waals surface area contributed by atoms with Gasteiger partial charge in [-0.25, -0.2) is 0 Å². The lowest BCUT2D eigenvalue weighted by atomic mass is 9.94. The van der Waals surface area contributed by atoms with Gasteiger partial charge >= 0.3 is 0 Å². The normalized spacial score (nSPS) is 22.1. The Balaban J connectivity index is 1.93. The molecule has 2 rings (SSSR count). The Morgan fingerprint density at radius 1 is 1.35 bits per heavy atom. The van der Waals surface area contributed by atoms with Crippen LogP contribution in [0.4, 0.5) is 5.69 Å². The third kappa shape index (κ3) is 3.79. The van der Waals surface area contributed by atoms with E-state index in [1.165, 1.54) is 19.3 Å². The second-order valence-electron chi connectivity index (χ2n) is 5.68. The molecular formula is C16H24N2O2. The largest absolute Gasteiger partial charge is 0.314 e. The van der Waals surface area contributed by atoms with Gasteiger partial charge < -0.3 is 5.32 Å². The summed E-state index contributed by atoms with van der Waals surface area (Å²) < 4.78 is 0. The maximum absolute atomic E-state index is 11.0. The van der Waals surface area contributed by atoms with Crippen LogP contribution in [0.5, 0.6) is 0 Å². The van der Waals surface area contributed by atoms with Crippen LogP contribution in [0.2, 0.25) is 0 Å². The minimum absolute atomic E-state index is 0.267. The average molecular weight is 276 g/mol. The minimum Gasteiger partial charge on any atom is -0.314 e. The first-order valence-corrected chi connectivity index (χ1v) is 7.68. The molecule has 2 atom stereocenters. The average Bonchev–Trinajstić information content (AvgIpc) is 2.90. The van der Waals surface area contributed by atoms with E-state index in [-0.39, 0.29) is 10.6 Å². The highest BCUT2D eigenvalue weighted by atomic mass is 16.6. The van der Waals surface area contributed by atoms with Crippen LogP contribution in [0.25, 0.3) is 0 Å². The van der Waals surface area contributed by atoms with Crippen molar-refractivity contribution in [2.45, 2.75) is 51.5 Å². The summed E-state index contributed by atoms with van der Waals surface area (Å²) in [5.41, 5.74) is 1.14. The molecule has 1 saturated carbocycles. The minimum atomic E-state index is -0.267. The highest BCUT2D eigenvalue weighted by molar-refractivity contribution is 5.39. The van der Waals surface area contributed by atoms with E-state index in [2.05, 4.69) is 12.2 Å². The molecule has 0 saturated heterocycles. The number of nitro groups is 1. The molecule has 0 spiro atoms. The number of hydrogen-bond acceptors (Lipinski definition) is 3. The molecule has 0 radical (unpaired) electrons. The Hall–Kier alpha value is -1.42. The first-order valence-electron chi connectivity index (χ1n) is 7.68. The molecule has 1 aromatic carbocycles.